The summed E-state index contributed by atoms with van der Waals surface area (Å²) in [5, 5.41) is 22.2. The van der Waals surface area contributed by atoms with Crippen molar-refractivity contribution in [1.82, 2.24) is 9.88 Å². The molecule has 5 fully saturated rings. The lowest BCUT2D eigenvalue weighted by atomic mass is 9.49. The highest BCUT2D eigenvalue weighted by molar-refractivity contribution is 5.68. The minimum atomic E-state index is -0.237. The molecule has 3 atom stereocenters. The largest absolute Gasteiger partial charge is 0.446 e. The van der Waals surface area contributed by atoms with E-state index < -0.39 is 0 Å². The van der Waals surface area contributed by atoms with Crippen LogP contribution in [-0.2, 0) is 4.74 Å². The first-order chi connectivity index (χ1) is 14.1. The van der Waals surface area contributed by atoms with Gasteiger partial charge < -0.3 is 15.0 Å². The summed E-state index contributed by atoms with van der Waals surface area (Å²) in [6.45, 7) is 1.19. The molecule has 4 aliphatic carbocycles. The summed E-state index contributed by atoms with van der Waals surface area (Å²) >= 11 is 0. The number of anilines is 1. The van der Waals surface area contributed by atoms with Gasteiger partial charge in [0.15, 0.2) is 0 Å². The summed E-state index contributed by atoms with van der Waals surface area (Å²) in [6.07, 6.45) is 7.18. The molecule has 4 bridgehead atoms. The van der Waals surface area contributed by atoms with Crippen molar-refractivity contribution in [2.75, 3.05) is 18.4 Å². The van der Waals surface area contributed by atoms with Crippen LogP contribution in [-0.4, -0.2) is 41.2 Å². The maximum Gasteiger partial charge on any atom is 0.410 e. The molecule has 1 aliphatic heterocycles. The molecular weight excluding hydrogens is 366 g/mol. The van der Waals surface area contributed by atoms with Crippen LogP contribution in [0.3, 0.4) is 0 Å². The summed E-state index contributed by atoms with van der Waals surface area (Å²) in [5.41, 5.74) is 0.344. The van der Waals surface area contributed by atoms with Crippen LogP contribution in [0.1, 0.15) is 44.1 Å². The van der Waals surface area contributed by atoms with Crippen LogP contribution in [0, 0.1) is 45.8 Å². The number of nitriles is 2. The van der Waals surface area contributed by atoms with E-state index in [-0.39, 0.29) is 23.7 Å². The smallest absolute Gasteiger partial charge is 0.410 e. The Balaban J connectivity index is 1.20. The van der Waals surface area contributed by atoms with Gasteiger partial charge in [0.2, 0.25) is 0 Å². The van der Waals surface area contributed by atoms with Crippen molar-refractivity contribution in [3.05, 3.63) is 23.9 Å². The summed E-state index contributed by atoms with van der Waals surface area (Å²) < 4.78 is 6.03. The van der Waals surface area contributed by atoms with Gasteiger partial charge in [0.25, 0.3) is 0 Å². The predicted octanol–water partition coefficient (Wildman–Crippen LogP) is 3.29. The Kier molecular flexibility index (Phi) is 4.35. The molecule has 1 aromatic heterocycles. The molecule has 29 heavy (non-hydrogen) atoms. The zero-order chi connectivity index (χ0) is 20.0. The summed E-state index contributed by atoms with van der Waals surface area (Å²) in [4.78, 5) is 18.9. The number of rotatable bonds is 3. The lowest BCUT2D eigenvalue weighted by Gasteiger charge is -2.56. The maximum absolute atomic E-state index is 12.9. The average molecular weight is 391 g/mol. The van der Waals surface area contributed by atoms with E-state index >= 15 is 0 Å². The summed E-state index contributed by atoms with van der Waals surface area (Å²) in [7, 11) is 0. The number of ether oxygens (including phenoxy) is 1. The van der Waals surface area contributed by atoms with Gasteiger partial charge in [-0.2, -0.15) is 10.5 Å². The number of aromatic nitrogens is 1. The molecule has 0 spiro atoms. The number of hydrogen-bond acceptors (Lipinski definition) is 6. The van der Waals surface area contributed by atoms with Gasteiger partial charge in [-0.15, -0.1) is 0 Å². The Labute approximate surface area is 170 Å². The first-order valence-corrected chi connectivity index (χ1v) is 10.6. The van der Waals surface area contributed by atoms with Gasteiger partial charge in [0.05, 0.1) is 17.0 Å². The van der Waals surface area contributed by atoms with Crippen LogP contribution in [0.25, 0.3) is 0 Å². The molecule has 1 aromatic rings. The van der Waals surface area contributed by atoms with Crippen LogP contribution in [0.4, 0.5) is 10.6 Å². The Hall–Kier alpha value is -2.80. The third-order valence-corrected chi connectivity index (χ3v) is 7.38. The Morgan fingerprint density at radius 2 is 2.07 bits per heavy atom. The lowest BCUT2D eigenvalue weighted by molar-refractivity contribution is -0.121. The number of nitrogens with zero attached hydrogens (tertiary/aromatic N) is 4. The van der Waals surface area contributed by atoms with Crippen LogP contribution in [0.5, 0.6) is 0 Å². The number of hydrogen-bond donors (Lipinski definition) is 1. The zero-order valence-electron chi connectivity index (χ0n) is 16.4. The quantitative estimate of drug-likeness (QED) is 0.848. The van der Waals surface area contributed by atoms with Crippen molar-refractivity contribution < 1.29 is 9.53 Å². The number of carbonyl (C=O) groups is 1. The van der Waals surface area contributed by atoms with Gasteiger partial charge in [-0.25, -0.2) is 9.78 Å². The van der Waals surface area contributed by atoms with Gasteiger partial charge in [0.1, 0.15) is 18.0 Å². The molecule has 6 rings (SSSR count). The first kappa shape index (κ1) is 18.2. The van der Waals surface area contributed by atoms with Gasteiger partial charge in [-0.1, -0.05) is 0 Å². The Morgan fingerprint density at radius 1 is 1.28 bits per heavy atom. The predicted molar refractivity (Wildman–Crippen MR) is 104 cm³/mol. The molecule has 0 radical (unpaired) electrons. The maximum atomic E-state index is 12.9. The number of nitrogens with one attached hydrogen (secondary N) is 1. The van der Waals surface area contributed by atoms with E-state index in [9.17, 15) is 15.3 Å². The van der Waals surface area contributed by atoms with E-state index in [0.717, 1.165) is 38.5 Å². The molecule has 4 saturated carbocycles. The molecule has 1 saturated heterocycles. The van der Waals surface area contributed by atoms with Crippen molar-refractivity contribution in [2.45, 2.75) is 50.7 Å². The number of pyridine rings is 1. The lowest BCUT2D eigenvalue weighted by Crippen LogP contribution is -2.55. The van der Waals surface area contributed by atoms with Crippen molar-refractivity contribution in [2.24, 2.45) is 23.2 Å². The molecule has 1 N–H and O–H groups in total. The SMILES string of the molecule is N#Cc1cccnc1NC1CCN(C(=O)OC2[C@@H]3CC4C[C@@H]2CC(C#N)(C4)C3)C1. The van der Waals surface area contributed by atoms with Gasteiger partial charge >= 0.3 is 6.09 Å². The van der Waals surface area contributed by atoms with Gasteiger partial charge in [-0.3, -0.25) is 0 Å². The Bertz CT molecular complexity index is 887. The summed E-state index contributed by atoms with van der Waals surface area (Å²) in [6, 6.07) is 8.26. The van der Waals surface area contributed by atoms with Crippen LogP contribution in [0.2, 0.25) is 0 Å². The monoisotopic (exact) mass is 391 g/mol. The van der Waals surface area contributed by atoms with Crippen molar-refractivity contribution >= 4 is 11.9 Å². The van der Waals surface area contributed by atoms with Crippen molar-refractivity contribution in [1.29, 1.82) is 10.5 Å². The van der Waals surface area contributed by atoms with E-state index in [1.807, 2.05) is 0 Å². The molecule has 150 valence electrons. The van der Waals surface area contributed by atoms with Crippen molar-refractivity contribution in [3.8, 4) is 12.1 Å². The van der Waals surface area contributed by atoms with Gasteiger partial charge in [0, 0.05) is 25.3 Å². The molecule has 7 nitrogen and oxygen atoms in total. The first-order valence-electron chi connectivity index (χ1n) is 10.6. The highest BCUT2D eigenvalue weighted by Crippen LogP contribution is 2.60. The number of likely N-dealkylation sites (tertiary alicyclic amines) is 1. The molecule has 7 heteroatoms. The molecule has 1 unspecified atom stereocenters. The van der Waals surface area contributed by atoms with E-state index in [1.54, 1.807) is 23.2 Å². The average Bonchev–Trinajstić information content (AvgIpc) is 3.19. The van der Waals surface area contributed by atoms with Crippen LogP contribution >= 0.6 is 0 Å². The van der Waals surface area contributed by atoms with Crippen LogP contribution < -0.4 is 5.32 Å². The molecule has 1 amide bonds. The van der Waals surface area contributed by atoms with Gasteiger partial charge in [-0.05, 0) is 68.4 Å². The summed E-state index contributed by atoms with van der Waals surface area (Å²) in [5.74, 6) is 1.88. The molecule has 2 heterocycles. The molecule has 5 aliphatic rings. The third-order valence-electron chi connectivity index (χ3n) is 7.38. The van der Waals surface area contributed by atoms with E-state index in [0.29, 0.717) is 42.2 Å². The van der Waals surface area contributed by atoms with E-state index in [4.69, 9.17) is 4.74 Å². The van der Waals surface area contributed by atoms with E-state index in [1.165, 1.54) is 0 Å². The standard InChI is InChI=1S/C22H25N5O2/c23-11-15-2-1-4-25-20(15)26-18-3-5-27(12-18)21(28)29-19-16-6-14-7-17(19)10-22(8-14,9-16)13-24/h1-2,4,14,16-19H,3,5-10,12H2,(H,25,26)/t14?,16-,17-,18?,19?,22?/m1/s1. The number of amides is 1. The fourth-order valence-corrected chi connectivity index (χ4v) is 6.35. The minimum absolute atomic E-state index is 0.0338. The topological polar surface area (TPSA) is 102 Å². The van der Waals surface area contributed by atoms with Crippen molar-refractivity contribution in [3.63, 3.8) is 0 Å². The molecular formula is C22H25N5O2. The fourth-order valence-electron chi connectivity index (χ4n) is 6.35. The normalized spacial score (nSPS) is 37.0. The third kappa shape index (κ3) is 3.19. The highest BCUT2D eigenvalue weighted by atomic mass is 16.6. The van der Waals surface area contributed by atoms with E-state index in [2.05, 4.69) is 22.4 Å². The highest BCUT2D eigenvalue weighted by Gasteiger charge is 2.57. The minimum Gasteiger partial charge on any atom is -0.446 e. The second kappa shape index (κ2) is 6.91. The fraction of sp³-hybridized carbons (Fsp3) is 0.636. The van der Waals surface area contributed by atoms with Crippen LogP contribution in [0.15, 0.2) is 18.3 Å². The molecule has 0 aromatic carbocycles. The Morgan fingerprint density at radius 3 is 2.79 bits per heavy atom. The zero-order valence-corrected chi connectivity index (χ0v) is 16.4. The second-order valence-corrected chi connectivity index (χ2v) is 9.30. The number of carbonyl (C=O) groups excluding carboxylic acids is 1. The second-order valence-electron chi connectivity index (χ2n) is 9.30.